The van der Waals surface area contributed by atoms with Gasteiger partial charge in [-0.2, -0.15) is 5.26 Å². The maximum atomic E-state index is 12.8. The lowest BCUT2D eigenvalue weighted by Crippen LogP contribution is -2.14. The van der Waals surface area contributed by atoms with E-state index in [0.717, 1.165) is 6.07 Å². The van der Waals surface area contributed by atoms with Gasteiger partial charge in [-0.15, -0.1) is 0 Å². The Morgan fingerprint density at radius 3 is 2.81 bits per heavy atom. The van der Waals surface area contributed by atoms with Gasteiger partial charge in [0.25, 0.3) is 0 Å². The van der Waals surface area contributed by atoms with E-state index in [2.05, 4.69) is 0 Å². The van der Waals surface area contributed by atoms with Gasteiger partial charge in [0.05, 0.1) is 11.1 Å². The van der Waals surface area contributed by atoms with Gasteiger partial charge in [0.15, 0.2) is 5.78 Å². The van der Waals surface area contributed by atoms with E-state index >= 15 is 0 Å². The summed E-state index contributed by atoms with van der Waals surface area (Å²) in [6.45, 7) is 1.83. The fraction of sp³-hybridized carbons (Fsp3) is 0.333. The highest BCUT2D eigenvalue weighted by Crippen LogP contribution is 2.23. The Hall–Kier alpha value is -1.40. The molecule has 0 amide bonds. The van der Waals surface area contributed by atoms with Gasteiger partial charge in [-0.25, -0.2) is 4.39 Å². The Balaban J connectivity index is 3.00. The third-order valence-corrected chi connectivity index (χ3v) is 2.71. The molecule has 84 valence electrons. The molecule has 1 rings (SSSR count). The summed E-state index contributed by atoms with van der Waals surface area (Å²) in [4.78, 5) is 11.9. The summed E-state index contributed by atoms with van der Waals surface area (Å²) in [7, 11) is 0. The number of nitrogens with zero attached hydrogens (tertiary/aromatic N) is 1. The van der Waals surface area contributed by atoms with Crippen LogP contribution in [0, 0.1) is 23.1 Å². The summed E-state index contributed by atoms with van der Waals surface area (Å²) in [6, 6.07) is 5.62. The maximum Gasteiger partial charge on any atom is 0.168 e. The molecule has 1 aromatic carbocycles. The molecule has 16 heavy (non-hydrogen) atoms. The van der Waals surface area contributed by atoms with Crippen molar-refractivity contribution in [1.29, 1.82) is 5.26 Å². The molecule has 0 spiro atoms. The number of halogens is 2. The Morgan fingerprint density at radius 1 is 1.62 bits per heavy atom. The average molecular weight is 240 g/mol. The molecule has 0 bridgehead atoms. The molecule has 0 fully saturated rings. The second-order valence-corrected chi connectivity index (χ2v) is 3.86. The fourth-order valence-electron chi connectivity index (χ4n) is 1.44. The van der Waals surface area contributed by atoms with Gasteiger partial charge in [0.2, 0.25) is 0 Å². The van der Waals surface area contributed by atoms with Crippen LogP contribution in [0.1, 0.15) is 30.1 Å². The second-order valence-electron chi connectivity index (χ2n) is 3.46. The van der Waals surface area contributed by atoms with Crippen molar-refractivity contribution >= 4 is 17.4 Å². The summed E-state index contributed by atoms with van der Waals surface area (Å²) in [6.07, 6.45) is 0.725. The third kappa shape index (κ3) is 2.80. The molecule has 4 heteroatoms. The van der Waals surface area contributed by atoms with E-state index in [1.54, 1.807) is 0 Å². The van der Waals surface area contributed by atoms with Gasteiger partial charge < -0.3 is 0 Å². The molecule has 0 aromatic heterocycles. The van der Waals surface area contributed by atoms with Crippen LogP contribution in [0.2, 0.25) is 5.02 Å². The predicted molar refractivity (Wildman–Crippen MR) is 59.8 cm³/mol. The Kier molecular flexibility index (Phi) is 4.45. The number of carbonyl (C=O) groups is 1. The molecular formula is C12H11ClFNO. The van der Waals surface area contributed by atoms with Crippen molar-refractivity contribution in [3.8, 4) is 6.07 Å². The Morgan fingerprint density at radius 2 is 2.31 bits per heavy atom. The zero-order valence-electron chi connectivity index (χ0n) is 8.84. The van der Waals surface area contributed by atoms with Gasteiger partial charge in [-0.05, 0) is 24.6 Å². The molecule has 2 nitrogen and oxygen atoms in total. The zero-order chi connectivity index (χ0) is 12.1. The predicted octanol–water partition coefficient (Wildman–Crippen LogP) is 3.60. The monoisotopic (exact) mass is 239 g/mol. The van der Waals surface area contributed by atoms with E-state index in [4.69, 9.17) is 16.9 Å². The van der Waals surface area contributed by atoms with Crippen molar-refractivity contribution in [1.82, 2.24) is 0 Å². The lowest BCUT2D eigenvalue weighted by molar-refractivity contribution is 0.0919. The molecule has 0 saturated carbocycles. The molecule has 1 unspecified atom stereocenters. The summed E-state index contributed by atoms with van der Waals surface area (Å²) in [5, 5.41) is 8.68. The molecule has 0 aliphatic rings. The Labute approximate surface area is 98.6 Å². The second kappa shape index (κ2) is 5.62. The third-order valence-electron chi connectivity index (χ3n) is 2.40. The summed E-state index contributed by atoms with van der Waals surface area (Å²) in [5.41, 5.74) is 0.283. The standard InChI is InChI=1S/C12H11ClFNO/c1-2-8(5-6-15)12(16)10-4-3-9(14)7-11(10)13/h3-4,7-8H,2,5H2,1H3. The van der Waals surface area contributed by atoms with E-state index in [-0.39, 0.29) is 28.7 Å². The van der Waals surface area contributed by atoms with E-state index in [1.165, 1.54) is 12.1 Å². The van der Waals surface area contributed by atoms with Gasteiger partial charge in [-0.1, -0.05) is 18.5 Å². The molecule has 0 heterocycles. The minimum atomic E-state index is -0.477. The SMILES string of the molecule is CCC(CC#N)C(=O)c1ccc(F)cc1Cl. The zero-order valence-corrected chi connectivity index (χ0v) is 9.59. The molecule has 0 aliphatic heterocycles. The number of hydrogen-bond acceptors (Lipinski definition) is 2. The molecule has 1 atom stereocenters. The van der Waals surface area contributed by atoms with Crippen LogP contribution in [0.3, 0.4) is 0 Å². The van der Waals surface area contributed by atoms with E-state index < -0.39 is 5.82 Å². The first-order chi connectivity index (χ1) is 7.60. The van der Waals surface area contributed by atoms with Gasteiger partial charge >= 0.3 is 0 Å². The maximum absolute atomic E-state index is 12.8. The summed E-state index contributed by atoms with van der Waals surface area (Å²) >= 11 is 5.78. The minimum absolute atomic E-state index is 0.0985. The number of Topliss-reactive ketones (excluding diaryl/α,β-unsaturated/α-hetero) is 1. The normalized spacial score (nSPS) is 11.9. The van der Waals surface area contributed by atoms with Crippen LogP contribution >= 0.6 is 11.6 Å². The first-order valence-corrected chi connectivity index (χ1v) is 5.34. The van der Waals surface area contributed by atoms with Crippen molar-refractivity contribution in [2.75, 3.05) is 0 Å². The van der Waals surface area contributed by atoms with Crippen molar-refractivity contribution in [3.05, 3.63) is 34.6 Å². The van der Waals surface area contributed by atoms with Gasteiger partial charge in [-0.3, -0.25) is 4.79 Å². The average Bonchev–Trinajstić information content (AvgIpc) is 2.25. The first-order valence-electron chi connectivity index (χ1n) is 4.96. The van der Waals surface area contributed by atoms with Crippen molar-refractivity contribution in [3.63, 3.8) is 0 Å². The van der Waals surface area contributed by atoms with Crippen LogP contribution < -0.4 is 0 Å². The smallest absolute Gasteiger partial charge is 0.168 e. The van der Waals surface area contributed by atoms with E-state index in [1.807, 2.05) is 13.0 Å². The van der Waals surface area contributed by atoms with Crippen LogP contribution in [0.4, 0.5) is 4.39 Å². The fourth-order valence-corrected chi connectivity index (χ4v) is 1.70. The van der Waals surface area contributed by atoms with Crippen LogP contribution in [0.5, 0.6) is 0 Å². The number of nitriles is 1. The number of rotatable bonds is 4. The Bertz CT molecular complexity index is 439. The van der Waals surface area contributed by atoms with Crippen molar-refractivity contribution in [2.24, 2.45) is 5.92 Å². The van der Waals surface area contributed by atoms with Crippen LogP contribution in [-0.4, -0.2) is 5.78 Å². The lowest BCUT2D eigenvalue weighted by atomic mass is 9.93. The lowest BCUT2D eigenvalue weighted by Gasteiger charge is -2.10. The quantitative estimate of drug-likeness (QED) is 0.754. The molecule has 0 aliphatic carbocycles. The minimum Gasteiger partial charge on any atom is -0.294 e. The van der Waals surface area contributed by atoms with Gasteiger partial charge in [0.1, 0.15) is 5.82 Å². The molecular weight excluding hydrogens is 229 g/mol. The number of hydrogen-bond donors (Lipinski definition) is 0. The highest BCUT2D eigenvalue weighted by atomic mass is 35.5. The van der Waals surface area contributed by atoms with E-state index in [0.29, 0.717) is 6.42 Å². The van der Waals surface area contributed by atoms with Crippen molar-refractivity contribution in [2.45, 2.75) is 19.8 Å². The molecule has 0 radical (unpaired) electrons. The summed E-state index contributed by atoms with van der Waals surface area (Å²) in [5.74, 6) is -1.04. The highest BCUT2D eigenvalue weighted by Gasteiger charge is 2.20. The van der Waals surface area contributed by atoms with Crippen LogP contribution in [0.25, 0.3) is 0 Å². The van der Waals surface area contributed by atoms with Crippen LogP contribution in [0.15, 0.2) is 18.2 Å². The number of ketones is 1. The van der Waals surface area contributed by atoms with Crippen molar-refractivity contribution < 1.29 is 9.18 Å². The van der Waals surface area contributed by atoms with Gasteiger partial charge in [0, 0.05) is 17.9 Å². The molecule has 1 aromatic rings. The number of benzene rings is 1. The highest BCUT2D eigenvalue weighted by molar-refractivity contribution is 6.34. The summed E-state index contributed by atoms with van der Waals surface area (Å²) < 4.78 is 12.8. The van der Waals surface area contributed by atoms with Crippen LogP contribution in [-0.2, 0) is 0 Å². The molecule has 0 saturated heterocycles. The number of carbonyl (C=O) groups excluding carboxylic acids is 1. The van der Waals surface area contributed by atoms with E-state index in [9.17, 15) is 9.18 Å². The topological polar surface area (TPSA) is 40.9 Å². The first kappa shape index (κ1) is 12.7. The largest absolute Gasteiger partial charge is 0.294 e. The molecule has 0 N–H and O–H groups in total.